The summed E-state index contributed by atoms with van der Waals surface area (Å²) in [6, 6.07) is 12.1. The second-order valence-corrected chi connectivity index (χ2v) is 6.41. The van der Waals surface area contributed by atoms with Gasteiger partial charge in [0, 0.05) is 25.6 Å². The van der Waals surface area contributed by atoms with Gasteiger partial charge in [0.2, 0.25) is 5.91 Å². The second-order valence-electron chi connectivity index (χ2n) is 6.41. The normalized spacial score (nSPS) is 13.5. The van der Waals surface area contributed by atoms with Crippen LogP contribution >= 0.6 is 0 Å². The number of carbonyl (C=O) groups excluding carboxylic acids is 2. The monoisotopic (exact) mass is 340 g/mol. The fourth-order valence-corrected chi connectivity index (χ4v) is 2.81. The van der Waals surface area contributed by atoms with E-state index in [4.69, 9.17) is 4.42 Å². The molecule has 2 amide bonds. The van der Waals surface area contributed by atoms with Crippen LogP contribution in [-0.2, 0) is 17.8 Å². The number of benzene rings is 1. The SMILES string of the molecule is CCc1ccc(CN(C(=O)CCNC(=O)c2ccco2)C2CC2)cc1. The number of hydrogen-bond donors (Lipinski definition) is 1. The molecule has 5 nitrogen and oxygen atoms in total. The average molecular weight is 340 g/mol. The molecule has 2 aromatic rings. The van der Waals surface area contributed by atoms with Crippen molar-refractivity contribution in [1.29, 1.82) is 0 Å². The number of rotatable bonds is 8. The summed E-state index contributed by atoms with van der Waals surface area (Å²) in [7, 11) is 0. The molecule has 1 aromatic heterocycles. The lowest BCUT2D eigenvalue weighted by Gasteiger charge is -2.23. The second kappa shape index (κ2) is 8.01. The quantitative estimate of drug-likeness (QED) is 0.803. The zero-order chi connectivity index (χ0) is 17.6. The Morgan fingerprint density at radius 1 is 1.16 bits per heavy atom. The van der Waals surface area contributed by atoms with Crippen LogP contribution in [0.4, 0.5) is 0 Å². The standard InChI is InChI=1S/C20H24N2O3/c1-2-15-5-7-16(8-6-15)14-22(17-9-10-17)19(23)11-12-21-20(24)18-4-3-13-25-18/h3-8,13,17H,2,9-12,14H2,1H3,(H,21,24). The first kappa shape index (κ1) is 17.3. The molecule has 1 aromatic carbocycles. The van der Waals surface area contributed by atoms with E-state index in [1.807, 2.05) is 4.90 Å². The molecular formula is C20H24N2O3. The van der Waals surface area contributed by atoms with E-state index in [-0.39, 0.29) is 17.6 Å². The van der Waals surface area contributed by atoms with Crippen molar-refractivity contribution in [1.82, 2.24) is 10.2 Å². The summed E-state index contributed by atoms with van der Waals surface area (Å²) in [6.45, 7) is 3.09. The number of furan rings is 1. The van der Waals surface area contributed by atoms with E-state index < -0.39 is 0 Å². The fraction of sp³-hybridized carbons (Fsp3) is 0.400. The molecule has 3 rings (SSSR count). The average Bonchev–Trinajstić information content (AvgIpc) is 3.32. The molecule has 1 aliphatic carbocycles. The highest BCUT2D eigenvalue weighted by molar-refractivity contribution is 5.91. The Hall–Kier alpha value is -2.56. The smallest absolute Gasteiger partial charge is 0.286 e. The molecule has 1 aliphatic rings. The third-order valence-corrected chi connectivity index (χ3v) is 4.46. The maximum Gasteiger partial charge on any atom is 0.286 e. The van der Waals surface area contributed by atoms with Gasteiger partial charge in [0.1, 0.15) is 0 Å². The lowest BCUT2D eigenvalue weighted by molar-refractivity contribution is -0.132. The van der Waals surface area contributed by atoms with Gasteiger partial charge in [-0.3, -0.25) is 9.59 Å². The van der Waals surface area contributed by atoms with E-state index in [1.54, 1.807) is 12.1 Å². The highest BCUT2D eigenvalue weighted by Crippen LogP contribution is 2.29. The number of carbonyl (C=O) groups is 2. The summed E-state index contributed by atoms with van der Waals surface area (Å²) >= 11 is 0. The summed E-state index contributed by atoms with van der Waals surface area (Å²) in [5.41, 5.74) is 2.45. The van der Waals surface area contributed by atoms with Crippen LogP contribution < -0.4 is 5.32 Å². The van der Waals surface area contributed by atoms with Crippen molar-refractivity contribution in [2.75, 3.05) is 6.54 Å². The molecule has 1 fully saturated rings. The summed E-state index contributed by atoms with van der Waals surface area (Å²) in [5.74, 6) is 0.0650. The van der Waals surface area contributed by atoms with Gasteiger partial charge in [-0.05, 0) is 42.5 Å². The molecule has 0 spiro atoms. The minimum Gasteiger partial charge on any atom is -0.459 e. The summed E-state index contributed by atoms with van der Waals surface area (Å²) in [5, 5.41) is 2.73. The first-order valence-corrected chi connectivity index (χ1v) is 8.86. The van der Waals surface area contributed by atoms with Crippen molar-refractivity contribution in [3.63, 3.8) is 0 Å². The Morgan fingerprint density at radius 2 is 1.88 bits per heavy atom. The Morgan fingerprint density at radius 3 is 2.48 bits per heavy atom. The van der Waals surface area contributed by atoms with Gasteiger partial charge in [-0.15, -0.1) is 0 Å². The Kier molecular flexibility index (Phi) is 5.53. The third-order valence-electron chi connectivity index (χ3n) is 4.46. The Labute approximate surface area is 148 Å². The first-order valence-electron chi connectivity index (χ1n) is 8.86. The van der Waals surface area contributed by atoms with Crippen LogP contribution in [0.5, 0.6) is 0 Å². The van der Waals surface area contributed by atoms with Crippen LogP contribution in [0, 0.1) is 0 Å². The molecule has 25 heavy (non-hydrogen) atoms. The van der Waals surface area contributed by atoms with E-state index in [2.05, 4.69) is 36.5 Å². The van der Waals surface area contributed by atoms with E-state index in [9.17, 15) is 9.59 Å². The lowest BCUT2D eigenvalue weighted by atomic mass is 10.1. The van der Waals surface area contributed by atoms with Gasteiger partial charge in [0.15, 0.2) is 5.76 Å². The number of hydrogen-bond acceptors (Lipinski definition) is 3. The van der Waals surface area contributed by atoms with Crippen molar-refractivity contribution < 1.29 is 14.0 Å². The number of aryl methyl sites for hydroxylation is 1. The van der Waals surface area contributed by atoms with Gasteiger partial charge < -0.3 is 14.6 Å². The van der Waals surface area contributed by atoms with Gasteiger partial charge in [0.05, 0.1) is 6.26 Å². The summed E-state index contributed by atoms with van der Waals surface area (Å²) in [6.07, 6.45) is 4.91. The highest BCUT2D eigenvalue weighted by atomic mass is 16.3. The van der Waals surface area contributed by atoms with Gasteiger partial charge in [-0.25, -0.2) is 0 Å². The van der Waals surface area contributed by atoms with E-state index in [1.165, 1.54) is 11.8 Å². The maximum atomic E-state index is 12.6. The maximum absolute atomic E-state index is 12.6. The molecule has 132 valence electrons. The van der Waals surface area contributed by atoms with Crippen molar-refractivity contribution in [3.05, 3.63) is 59.5 Å². The van der Waals surface area contributed by atoms with E-state index >= 15 is 0 Å². The zero-order valence-corrected chi connectivity index (χ0v) is 14.5. The van der Waals surface area contributed by atoms with E-state index in [0.717, 1.165) is 24.8 Å². The minimum absolute atomic E-state index is 0.0850. The number of nitrogens with zero attached hydrogens (tertiary/aromatic N) is 1. The minimum atomic E-state index is -0.286. The predicted molar refractivity (Wildman–Crippen MR) is 95.1 cm³/mol. The van der Waals surface area contributed by atoms with Crippen molar-refractivity contribution in [2.24, 2.45) is 0 Å². The molecule has 5 heteroatoms. The number of amides is 2. The molecule has 1 N–H and O–H groups in total. The Balaban J connectivity index is 1.51. The topological polar surface area (TPSA) is 62.6 Å². The zero-order valence-electron chi connectivity index (χ0n) is 14.5. The van der Waals surface area contributed by atoms with Crippen LogP contribution in [0.15, 0.2) is 47.1 Å². The summed E-state index contributed by atoms with van der Waals surface area (Å²) in [4.78, 5) is 26.3. The van der Waals surface area contributed by atoms with Crippen molar-refractivity contribution in [3.8, 4) is 0 Å². The van der Waals surface area contributed by atoms with Gasteiger partial charge in [0.25, 0.3) is 5.91 Å². The highest BCUT2D eigenvalue weighted by Gasteiger charge is 2.32. The molecule has 1 saturated carbocycles. The van der Waals surface area contributed by atoms with Crippen LogP contribution in [0.2, 0.25) is 0 Å². The predicted octanol–water partition coefficient (Wildman–Crippen LogP) is 3.15. The van der Waals surface area contributed by atoms with E-state index in [0.29, 0.717) is 25.6 Å². The van der Waals surface area contributed by atoms with Crippen LogP contribution in [0.25, 0.3) is 0 Å². The number of nitrogens with one attached hydrogen (secondary N) is 1. The molecule has 0 saturated heterocycles. The Bertz CT molecular complexity index is 703. The van der Waals surface area contributed by atoms with Gasteiger partial charge in [-0.2, -0.15) is 0 Å². The molecule has 0 bridgehead atoms. The van der Waals surface area contributed by atoms with Gasteiger partial charge in [-0.1, -0.05) is 31.2 Å². The van der Waals surface area contributed by atoms with Crippen LogP contribution in [0.3, 0.4) is 0 Å². The first-order chi connectivity index (χ1) is 12.2. The fourth-order valence-electron chi connectivity index (χ4n) is 2.81. The molecular weight excluding hydrogens is 316 g/mol. The molecule has 0 radical (unpaired) electrons. The van der Waals surface area contributed by atoms with Crippen LogP contribution in [0.1, 0.15) is 47.9 Å². The molecule has 0 aliphatic heterocycles. The van der Waals surface area contributed by atoms with Gasteiger partial charge >= 0.3 is 0 Å². The lowest BCUT2D eigenvalue weighted by Crippen LogP contribution is -2.35. The molecule has 1 heterocycles. The molecule has 0 atom stereocenters. The largest absolute Gasteiger partial charge is 0.459 e. The molecule has 0 unspecified atom stereocenters. The van der Waals surface area contributed by atoms with Crippen molar-refractivity contribution >= 4 is 11.8 Å². The summed E-state index contributed by atoms with van der Waals surface area (Å²) < 4.78 is 5.04. The van der Waals surface area contributed by atoms with Crippen molar-refractivity contribution in [2.45, 2.75) is 45.2 Å². The third kappa shape index (κ3) is 4.72. The van der Waals surface area contributed by atoms with Crippen LogP contribution in [-0.4, -0.2) is 29.3 Å².